The first-order valence-corrected chi connectivity index (χ1v) is 10.5. The summed E-state index contributed by atoms with van der Waals surface area (Å²) in [5.74, 6) is 1.05. The number of methoxy groups -OCH3 is 2. The summed E-state index contributed by atoms with van der Waals surface area (Å²) >= 11 is 0. The molecule has 1 amide bonds. The normalized spacial score (nSPS) is 15.7. The lowest BCUT2D eigenvalue weighted by Gasteiger charge is -2.23. The van der Waals surface area contributed by atoms with Crippen molar-refractivity contribution < 1.29 is 14.3 Å². The van der Waals surface area contributed by atoms with Gasteiger partial charge in [0.1, 0.15) is 0 Å². The molecule has 1 heterocycles. The third-order valence-electron chi connectivity index (χ3n) is 5.50. The van der Waals surface area contributed by atoms with Gasteiger partial charge in [0.15, 0.2) is 11.5 Å². The zero-order valence-corrected chi connectivity index (χ0v) is 18.5. The molecule has 0 saturated carbocycles. The zero-order valence-electron chi connectivity index (χ0n) is 18.5. The van der Waals surface area contributed by atoms with E-state index < -0.39 is 0 Å². The predicted octanol–water partition coefficient (Wildman–Crippen LogP) is 5.40. The van der Waals surface area contributed by atoms with Crippen LogP contribution in [-0.4, -0.2) is 30.8 Å². The molecule has 0 N–H and O–H groups in total. The summed E-state index contributed by atoms with van der Waals surface area (Å²) in [7, 11) is 3.22. The van der Waals surface area contributed by atoms with Crippen LogP contribution in [0.15, 0.2) is 84.0 Å². The molecule has 1 unspecified atom stereocenters. The van der Waals surface area contributed by atoms with E-state index in [4.69, 9.17) is 14.6 Å². The molecule has 1 atom stereocenters. The summed E-state index contributed by atoms with van der Waals surface area (Å²) in [4.78, 5) is 13.3. The number of rotatable bonds is 6. The summed E-state index contributed by atoms with van der Waals surface area (Å²) in [6.45, 7) is 2.05. The van der Waals surface area contributed by atoms with E-state index in [0.29, 0.717) is 17.9 Å². The SMILES string of the molecule is COc1cccc(C2CC(c3cccc(C)c3)=NN2C(=O)C=Cc2ccccc2)c1OC. The highest BCUT2D eigenvalue weighted by Crippen LogP contribution is 2.41. The minimum Gasteiger partial charge on any atom is -0.493 e. The van der Waals surface area contributed by atoms with Crippen molar-refractivity contribution in [2.45, 2.75) is 19.4 Å². The molecule has 32 heavy (non-hydrogen) atoms. The lowest BCUT2D eigenvalue weighted by atomic mass is 9.96. The maximum atomic E-state index is 13.3. The highest BCUT2D eigenvalue weighted by molar-refractivity contribution is 6.04. The van der Waals surface area contributed by atoms with Crippen LogP contribution >= 0.6 is 0 Å². The molecule has 0 aliphatic carbocycles. The molecular weight excluding hydrogens is 400 g/mol. The van der Waals surface area contributed by atoms with Crippen LogP contribution in [0.5, 0.6) is 11.5 Å². The van der Waals surface area contributed by atoms with Gasteiger partial charge in [-0.1, -0.05) is 72.3 Å². The molecule has 0 spiro atoms. The van der Waals surface area contributed by atoms with Crippen molar-refractivity contribution in [1.29, 1.82) is 0 Å². The van der Waals surface area contributed by atoms with Crippen LogP contribution in [0.1, 0.15) is 34.7 Å². The van der Waals surface area contributed by atoms with Crippen LogP contribution in [0.4, 0.5) is 0 Å². The molecule has 3 aromatic carbocycles. The van der Waals surface area contributed by atoms with Crippen LogP contribution in [0, 0.1) is 6.92 Å². The first-order valence-electron chi connectivity index (χ1n) is 10.5. The number of ether oxygens (including phenoxy) is 2. The van der Waals surface area contributed by atoms with E-state index in [1.54, 1.807) is 25.3 Å². The first kappa shape index (κ1) is 21.4. The molecule has 162 valence electrons. The summed E-state index contributed by atoms with van der Waals surface area (Å²) in [5.41, 5.74) is 4.84. The zero-order chi connectivity index (χ0) is 22.5. The van der Waals surface area contributed by atoms with Crippen molar-refractivity contribution in [2.75, 3.05) is 14.2 Å². The Bertz CT molecular complexity index is 1170. The van der Waals surface area contributed by atoms with E-state index in [0.717, 1.165) is 28.0 Å². The van der Waals surface area contributed by atoms with Crippen LogP contribution in [0.2, 0.25) is 0 Å². The van der Waals surface area contributed by atoms with Crippen LogP contribution < -0.4 is 9.47 Å². The van der Waals surface area contributed by atoms with E-state index >= 15 is 0 Å². The second kappa shape index (κ2) is 9.52. The maximum Gasteiger partial charge on any atom is 0.267 e. The standard InChI is InChI=1S/C27H26N2O3/c1-19-9-7-12-21(17-19)23-18-24(22-13-8-14-25(31-2)27(22)32-3)29(28-23)26(30)16-15-20-10-5-4-6-11-20/h4-17,24H,18H2,1-3H3. The highest BCUT2D eigenvalue weighted by Gasteiger charge is 2.34. The number of hydrazone groups is 1. The Hall–Kier alpha value is -3.86. The highest BCUT2D eigenvalue weighted by atomic mass is 16.5. The minimum atomic E-state index is -0.302. The lowest BCUT2D eigenvalue weighted by Crippen LogP contribution is -2.25. The fraction of sp³-hybridized carbons (Fsp3) is 0.185. The molecule has 4 rings (SSSR count). The fourth-order valence-electron chi connectivity index (χ4n) is 3.94. The van der Waals surface area contributed by atoms with Gasteiger partial charge in [0.2, 0.25) is 0 Å². The van der Waals surface area contributed by atoms with E-state index in [1.165, 1.54) is 0 Å². The minimum absolute atomic E-state index is 0.189. The van der Waals surface area contributed by atoms with Gasteiger partial charge < -0.3 is 9.47 Å². The molecule has 0 aromatic heterocycles. The van der Waals surface area contributed by atoms with Gasteiger partial charge in [-0.15, -0.1) is 0 Å². The Kier molecular flexibility index (Phi) is 6.36. The Labute approximate surface area is 188 Å². The van der Waals surface area contributed by atoms with Crippen LogP contribution in [-0.2, 0) is 4.79 Å². The van der Waals surface area contributed by atoms with Crippen LogP contribution in [0.3, 0.4) is 0 Å². The number of benzene rings is 3. The third-order valence-corrected chi connectivity index (χ3v) is 5.50. The average Bonchev–Trinajstić information content (AvgIpc) is 3.28. The van der Waals surface area contributed by atoms with Gasteiger partial charge in [-0.3, -0.25) is 4.79 Å². The second-order valence-electron chi connectivity index (χ2n) is 7.65. The van der Waals surface area contributed by atoms with Crippen molar-refractivity contribution in [3.8, 4) is 11.5 Å². The quantitative estimate of drug-likeness (QED) is 0.496. The fourth-order valence-corrected chi connectivity index (χ4v) is 3.94. The number of hydrogen-bond acceptors (Lipinski definition) is 4. The lowest BCUT2D eigenvalue weighted by molar-refractivity contribution is -0.127. The smallest absolute Gasteiger partial charge is 0.267 e. The summed E-state index contributed by atoms with van der Waals surface area (Å²) in [5, 5.41) is 6.30. The molecule has 0 fully saturated rings. The molecular formula is C27H26N2O3. The molecule has 0 bridgehead atoms. The van der Waals surface area contributed by atoms with Gasteiger partial charge in [0.05, 0.1) is 26.0 Å². The van der Waals surface area contributed by atoms with Crippen LogP contribution in [0.25, 0.3) is 6.08 Å². The van der Waals surface area contributed by atoms with E-state index in [9.17, 15) is 4.79 Å². The van der Waals surface area contributed by atoms with E-state index in [2.05, 4.69) is 6.07 Å². The van der Waals surface area contributed by atoms with Gasteiger partial charge in [0.25, 0.3) is 5.91 Å². The Morgan fingerprint density at radius 2 is 1.78 bits per heavy atom. The average molecular weight is 427 g/mol. The first-order chi connectivity index (χ1) is 15.6. The number of nitrogens with zero attached hydrogens (tertiary/aromatic N) is 2. The number of aryl methyl sites for hydroxylation is 1. The predicted molar refractivity (Wildman–Crippen MR) is 127 cm³/mol. The largest absolute Gasteiger partial charge is 0.493 e. The van der Waals surface area contributed by atoms with Gasteiger partial charge in [-0.2, -0.15) is 5.10 Å². The molecule has 5 nitrogen and oxygen atoms in total. The summed E-state index contributed by atoms with van der Waals surface area (Å²) < 4.78 is 11.2. The van der Waals surface area contributed by atoms with Gasteiger partial charge >= 0.3 is 0 Å². The monoisotopic (exact) mass is 426 g/mol. The number of carbonyl (C=O) groups is 1. The molecule has 0 radical (unpaired) electrons. The number of amides is 1. The van der Waals surface area contributed by atoms with Crippen molar-refractivity contribution >= 4 is 17.7 Å². The second-order valence-corrected chi connectivity index (χ2v) is 7.65. The van der Waals surface area contributed by atoms with Crippen molar-refractivity contribution in [3.05, 3.63) is 101 Å². The van der Waals surface area contributed by atoms with Crippen molar-refractivity contribution in [1.82, 2.24) is 5.01 Å². The van der Waals surface area contributed by atoms with E-state index in [1.807, 2.05) is 79.7 Å². The van der Waals surface area contributed by atoms with Gasteiger partial charge in [-0.25, -0.2) is 5.01 Å². The third kappa shape index (κ3) is 4.42. The molecule has 3 aromatic rings. The number of para-hydroxylation sites is 1. The van der Waals surface area contributed by atoms with Gasteiger partial charge in [0, 0.05) is 18.1 Å². The molecule has 1 aliphatic rings. The maximum absolute atomic E-state index is 13.3. The molecule has 5 heteroatoms. The van der Waals surface area contributed by atoms with Gasteiger partial charge in [-0.05, 0) is 30.2 Å². The summed E-state index contributed by atoms with van der Waals surface area (Å²) in [6.07, 6.45) is 3.96. The summed E-state index contributed by atoms with van der Waals surface area (Å²) in [6, 6.07) is 23.3. The number of hydrogen-bond donors (Lipinski definition) is 0. The molecule has 0 saturated heterocycles. The van der Waals surface area contributed by atoms with Crippen molar-refractivity contribution in [3.63, 3.8) is 0 Å². The molecule has 1 aliphatic heterocycles. The van der Waals surface area contributed by atoms with E-state index in [-0.39, 0.29) is 11.9 Å². The van der Waals surface area contributed by atoms with Crippen molar-refractivity contribution in [2.24, 2.45) is 5.10 Å². The Morgan fingerprint density at radius 1 is 1.00 bits per heavy atom. The Balaban J connectivity index is 1.73. The number of carbonyl (C=O) groups excluding carboxylic acids is 1. The topological polar surface area (TPSA) is 51.1 Å². The Morgan fingerprint density at radius 3 is 2.50 bits per heavy atom.